The van der Waals surface area contributed by atoms with Gasteiger partial charge in [-0.3, -0.25) is 4.90 Å². The molecule has 0 aromatic heterocycles. The molecule has 0 atom stereocenters. The summed E-state index contributed by atoms with van der Waals surface area (Å²) in [5.41, 5.74) is 0. The lowest BCUT2D eigenvalue weighted by Gasteiger charge is -2.27. The Morgan fingerprint density at radius 3 is 1.36 bits per heavy atom. The number of hydrogen-bond donors (Lipinski definition) is 0. The summed E-state index contributed by atoms with van der Waals surface area (Å²) in [6.45, 7) is 13.7. The molecule has 0 heterocycles. The predicted molar refractivity (Wildman–Crippen MR) is 59.2 cm³/mol. The van der Waals surface area contributed by atoms with Gasteiger partial charge in [-0.05, 0) is 41.5 Å². The Bertz CT molecular complexity index is 123. The van der Waals surface area contributed by atoms with Crippen molar-refractivity contribution in [3.63, 3.8) is 0 Å². The summed E-state index contributed by atoms with van der Waals surface area (Å²) in [5, 5.41) is 0. The van der Waals surface area contributed by atoms with E-state index in [2.05, 4.69) is 18.7 Å². The molecule has 0 N–H and O–H groups in total. The van der Waals surface area contributed by atoms with Gasteiger partial charge in [0.25, 0.3) is 0 Å². The summed E-state index contributed by atoms with van der Waals surface area (Å²) in [7, 11) is 0. The predicted octanol–water partition coefficient (Wildman–Crippen LogP) is 2.46. The van der Waals surface area contributed by atoms with Crippen molar-refractivity contribution >= 4 is 0 Å². The zero-order chi connectivity index (χ0) is 11.1. The maximum Gasteiger partial charge on any atom is 0.101 e. The highest BCUT2D eigenvalue weighted by Gasteiger charge is 2.10. The van der Waals surface area contributed by atoms with Gasteiger partial charge in [0.15, 0.2) is 0 Å². The van der Waals surface area contributed by atoms with Crippen molar-refractivity contribution in [2.45, 2.75) is 59.8 Å². The van der Waals surface area contributed by atoms with Gasteiger partial charge in [0.2, 0.25) is 0 Å². The minimum absolute atomic E-state index is 0.273. The van der Waals surface area contributed by atoms with Crippen molar-refractivity contribution in [3.8, 4) is 0 Å². The summed E-state index contributed by atoms with van der Waals surface area (Å²) < 4.78 is 11.1. The minimum atomic E-state index is 0.273. The summed E-state index contributed by atoms with van der Waals surface area (Å²) in [6.07, 6.45) is 0.547. The molecular weight excluding hydrogens is 178 g/mol. The Balaban J connectivity index is 3.78. The largest absolute Gasteiger partial charge is 0.363 e. The SMILES string of the molecule is CC(C)OCN(COC(C)C)C(C)C. The van der Waals surface area contributed by atoms with E-state index >= 15 is 0 Å². The third-order valence-corrected chi connectivity index (χ3v) is 1.88. The van der Waals surface area contributed by atoms with Crippen LogP contribution in [0.2, 0.25) is 0 Å². The quantitative estimate of drug-likeness (QED) is 0.593. The first-order valence-corrected chi connectivity index (χ1v) is 5.40. The van der Waals surface area contributed by atoms with Gasteiger partial charge < -0.3 is 9.47 Å². The van der Waals surface area contributed by atoms with E-state index in [-0.39, 0.29) is 12.2 Å². The van der Waals surface area contributed by atoms with Crippen LogP contribution in [-0.2, 0) is 9.47 Å². The average Bonchev–Trinajstić information content (AvgIpc) is 2.02. The van der Waals surface area contributed by atoms with Crippen molar-refractivity contribution in [1.82, 2.24) is 4.90 Å². The summed E-state index contributed by atoms with van der Waals surface area (Å²) in [6, 6.07) is 0.451. The Hall–Kier alpha value is -0.120. The molecule has 86 valence electrons. The average molecular weight is 203 g/mol. The van der Waals surface area contributed by atoms with Gasteiger partial charge in [-0.25, -0.2) is 0 Å². The van der Waals surface area contributed by atoms with Gasteiger partial charge >= 0.3 is 0 Å². The monoisotopic (exact) mass is 203 g/mol. The molecule has 0 rings (SSSR count). The van der Waals surface area contributed by atoms with E-state index in [0.29, 0.717) is 19.5 Å². The molecule has 3 nitrogen and oxygen atoms in total. The second kappa shape index (κ2) is 7.21. The molecule has 0 aliphatic heterocycles. The fourth-order valence-corrected chi connectivity index (χ4v) is 0.825. The number of hydrogen-bond acceptors (Lipinski definition) is 3. The molecule has 0 aromatic rings. The number of rotatable bonds is 7. The highest BCUT2D eigenvalue weighted by atomic mass is 16.5. The van der Waals surface area contributed by atoms with Crippen molar-refractivity contribution in [3.05, 3.63) is 0 Å². The highest BCUT2D eigenvalue weighted by Crippen LogP contribution is 2.02. The van der Waals surface area contributed by atoms with Crippen molar-refractivity contribution in [2.75, 3.05) is 13.5 Å². The van der Waals surface area contributed by atoms with E-state index in [1.807, 2.05) is 27.7 Å². The molecule has 0 amide bonds. The van der Waals surface area contributed by atoms with Crippen LogP contribution in [0.25, 0.3) is 0 Å². The lowest BCUT2D eigenvalue weighted by Crippen LogP contribution is -2.36. The minimum Gasteiger partial charge on any atom is -0.363 e. The number of nitrogens with zero attached hydrogens (tertiary/aromatic N) is 1. The molecule has 3 heteroatoms. The molecule has 0 unspecified atom stereocenters. The van der Waals surface area contributed by atoms with Gasteiger partial charge in [0.05, 0.1) is 12.2 Å². The zero-order valence-electron chi connectivity index (χ0n) is 10.4. The van der Waals surface area contributed by atoms with E-state index in [0.717, 1.165) is 0 Å². The molecule has 0 saturated heterocycles. The fraction of sp³-hybridized carbons (Fsp3) is 1.00. The first-order chi connectivity index (χ1) is 6.43. The zero-order valence-corrected chi connectivity index (χ0v) is 10.4. The lowest BCUT2D eigenvalue weighted by atomic mass is 10.4. The van der Waals surface area contributed by atoms with Crippen LogP contribution in [0.4, 0.5) is 0 Å². The first kappa shape index (κ1) is 13.9. The summed E-state index contributed by atoms with van der Waals surface area (Å²) in [4.78, 5) is 2.17. The molecule has 0 bridgehead atoms. The molecule has 0 aliphatic rings. The molecule has 0 aromatic carbocycles. The van der Waals surface area contributed by atoms with Crippen LogP contribution in [0.3, 0.4) is 0 Å². The van der Waals surface area contributed by atoms with Crippen molar-refractivity contribution in [2.24, 2.45) is 0 Å². The van der Waals surface area contributed by atoms with E-state index in [1.54, 1.807) is 0 Å². The van der Waals surface area contributed by atoms with Crippen LogP contribution in [-0.4, -0.2) is 36.6 Å². The fourth-order valence-electron chi connectivity index (χ4n) is 0.825. The Labute approximate surface area is 88.4 Å². The molecule has 0 fully saturated rings. The molecule has 0 saturated carbocycles. The Kier molecular flexibility index (Phi) is 7.15. The highest BCUT2D eigenvalue weighted by molar-refractivity contribution is 4.55. The van der Waals surface area contributed by atoms with Crippen molar-refractivity contribution < 1.29 is 9.47 Å². The maximum atomic E-state index is 5.54. The Morgan fingerprint density at radius 2 is 1.14 bits per heavy atom. The summed E-state index contributed by atoms with van der Waals surface area (Å²) >= 11 is 0. The Morgan fingerprint density at radius 1 is 0.786 bits per heavy atom. The van der Waals surface area contributed by atoms with Gasteiger partial charge in [-0.2, -0.15) is 0 Å². The molecule has 0 radical (unpaired) electrons. The molecule has 0 spiro atoms. The van der Waals surface area contributed by atoms with Crippen LogP contribution >= 0.6 is 0 Å². The first-order valence-electron chi connectivity index (χ1n) is 5.40. The normalized spacial score (nSPS) is 12.4. The molecule has 0 aliphatic carbocycles. The van der Waals surface area contributed by atoms with E-state index < -0.39 is 0 Å². The molecular formula is C11H25NO2. The smallest absolute Gasteiger partial charge is 0.101 e. The van der Waals surface area contributed by atoms with Gasteiger partial charge in [-0.1, -0.05) is 0 Å². The standard InChI is InChI=1S/C11H25NO2/c1-9(2)12(7-13-10(3)4)8-14-11(5)6/h9-11H,7-8H2,1-6H3. The van der Waals surface area contributed by atoms with Crippen LogP contribution in [0, 0.1) is 0 Å². The summed E-state index contributed by atoms with van der Waals surface area (Å²) in [5.74, 6) is 0. The third-order valence-electron chi connectivity index (χ3n) is 1.88. The lowest BCUT2D eigenvalue weighted by molar-refractivity contribution is -0.0888. The topological polar surface area (TPSA) is 21.7 Å². The van der Waals surface area contributed by atoms with Crippen molar-refractivity contribution in [1.29, 1.82) is 0 Å². The van der Waals surface area contributed by atoms with Crippen LogP contribution in [0.5, 0.6) is 0 Å². The molecule has 14 heavy (non-hydrogen) atoms. The van der Waals surface area contributed by atoms with Crippen LogP contribution in [0.1, 0.15) is 41.5 Å². The van der Waals surface area contributed by atoms with Gasteiger partial charge in [0, 0.05) is 6.04 Å². The van der Waals surface area contributed by atoms with E-state index in [9.17, 15) is 0 Å². The van der Waals surface area contributed by atoms with Crippen LogP contribution in [0.15, 0.2) is 0 Å². The van der Waals surface area contributed by atoms with Gasteiger partial charge in [0.1, 0.15) is 13.5 Å². The van der Waals surface area contributed by atoms with Gasteiger partial charge in [-0.15, -0.1) is 0 Å². The maximum absolute atomic E-state index is 5.54. The van der Waals surface area contributed by atoms with E-state index in [4.69, 9.17) is 9.47 Å². The number of ether oxygens (including phenoxy) is 2. The van der Waals surface area contributed by atoms with Crippen LogP contribution < -0.4 is 0 Å². The second-order valence-corrected chi connectivity index (χ2v) is 4.37. The van der Waals surface area contributed by atoms with E-state index in [1.165, 1.54) is 0 Å². The second-order valence-electron chi connectivity index (χ2n) is 4.37. The third kappa shape index (κ3) is 7.30.